The fourth-order valence-electron chi connectivity index (χ4n) is 5.22. The summed E-state index contributed by atoms with van der Waals surface area (Å²) in [7, 11) is 0. The highest BCUT2D eigenvalue weighted by atomic mass is 16.3. The Morgan fingerprint density at radius 3 is 2.50 bits per heavy atom. The summed E-state index contributed by atoms with van der Waals surface area (Å²) in [5.41, 5.74) is 0.429. The molecule has 0 unspecified atom stereocenters. The van der Waals surface area contributed by atoms with Gasteiger partial charge in [-0.05, 0) is 25.7 Å². The second kappa shape index (κ2) is 11.4. The van der Waals surface area contributed by atoms with Gasteiger partial charge in [0.2, 0.25) is 5.89 Å². The Morgan fingerprint density at radius 2 is 1.81 bits per heavy atom. The lowest BCUT2D eigenvalue weighted by molar-refractivity contribution is 0.0567. The Morgan fingerprint density at radius 1 is 1.12 bits per heavy atom. The molecule has 4 rings (SSSR count). The molecule has 1 aliphatic carbocycles. The fourth-order valence-corrected chi connectivity index (χ4v) is 5.22. The number of hydrogen-bond acceptors (Lipinski definition) is 7. The van der Waals surface area contributed by atoms with Crippen LogP contribution in [0.2, 0.25) is 0 Å². The summed E-state index contributed by atoms with van der Waals surface area (Å²) in [6.07, 6.45) is 10.0. The van der Waals surface area contributed by atoms with Crippen LogP contribution in [0.3, 0.4) is 0 Å². The van der Waals surface area contributed by atoms with Crippen molar-refractivity contribution in [2.45, 2.75) is 57.2 Å². The first kappa shape index (κ1) is 23.4. The van der Waals surface area contributed by atoms with Gasteiger partial charge in [-0.3, -0.25) is 19.5 Å². The molecule has 1 amide bonds. The first-order chi connectivity index (χ1) is 15.6. The highest BCUT2D eigenvalue weighted by Gasteiger charge is 2.29. The number of oxazole rings is 1. The Labute approximate surface area is 191 Å². The number of amides is 1. The van der Waals surface area contributed by atoms with Gasteiger partial charge in [-0.1, -0.05) is 18.9 Å². The second-order valence-electron chi connectivity index (χ2n) is 9.49. The topological polar surface area (TPSA) is 76.3 Å². The Kier molecular flexibility index (Phi) is 8.35. The van der Waals surface area contributed by atoms with Crippen LogP contribution in [0.1, 0.15) is 54.9 Å². The van der Waals surface area contributed by atoms with E-state index in [-0.39, 0.29) is 12.0 Å². The van der Waals surface area contributed by atoms with Crippen LogP contribution in [0.4, 0.5) is 0 Å². The molecule has 32 heavy (non-hydrogen) atoms. The molecule has 1 atom stereocenters. The lowest BCUT2D eigenvalue weighted by atomic mass is 10.1. The number of aliphatic hydroxyl groups excluding tert-OH is 1. The molecular weight excluding hydrogens is 406 g/mol. The number of rotatable bonds is 9. The van der Waals surface area contributed by atoms with Crippen LogP contribution in [0.15, 0.2) is 23.3 Å². The molecule has 8 heteroatoms. The number of hydrogen-bond donors (Lipinski definition) is 1. The molecule has 8 nitrogen and oxygen atoms in total. The van der Waals surface area contributed by atoms with Gasteiger partial charge in [0.25, 0.3) is 5.91 Å². The summed E-state index contributed by atoms with van der Waals surface area (Å²) in [6.45, 7) is 12.2. The van der Waals surface area contributed by atoms with E-state index in [1.165, 1.54) is 31.9 Å². The van der Waals surface area contributed by atoms with Gasteiger partial charge in [0.15, 0.2) is 5.69 Å². The quantitative estimate of drug-likeness (QED) is 0.581. The van der Waals surface area contributed by atoms with Gasteiger partial charge in [0, 0.05) is 64.9 Å². The molecule has 3 fully saturated rings. The standard InChI is InChI=1S/C24H39N5O3/c1-2-3-8-21(30)17-26-9-11-27(12-10-26)18-23-25-22(19-32-23)24(31)29-15-13-28(14-16-29)20-6-4-5-7-20/h2,19-21,30H,1,3-18H2/t21-/m1/s1. The largest absolute Gasteiger partial charge is 0.447 e. The molecule has 1 aromatic heterocycles. The van der Waals surface area contributed by atoms with E-state index in [0.717, 1.165) is 71.2 Å². The van der Waals surface area contributed by atoms with Crippen molar-refractivity contribution >= 4 is 5.91 Å². The van der Waals surface area contributed by atoms with E-state index >= 15 is 0 Å². The van der Waals surface area contributed by atoms with Crippen LogP contribution in [-0.2, 0) is 6.54 Å². The molecule has 178 valence electrons. The molecule has 0 aromatic carbocycles. The zero-order valence-corrected chi connectivity index (χ0v) is 19.3. The molecule has 2 aliphatic heterocycles. The normalized spacial score (nSPS) is 23.0. The second-order valence-corrected chi connectivity index (χ2v) is 9.49. The SMILES string of the molecule is C=CCC[C@@H](O)CN1CCN(Cc2nc(C(=O)N3CCN(C4CCCC4)CC3)co2)CC1. The summed E-state index contributed by atoms with van der Waals surface area (Å²) in [4.78, 5) is 26.5. The number of aromatic nitrogens is 1. The highest BCUT2D eigenvalue weighted by molar-refractivity contribution is 5.92. The molecule has 1 aromatic rings. The lowest BCUT2D eigenvalue weighted by Gasteiger charge is -2.37. The third-order valence-corrected chi connectivity index (χ3v) is 7.21. The Hall–Kier alpha value is -1.74. The van der Waals surface area contributed by atoms with E-state index in [0.29, 0.717) is 24.7 Å². The molecule has 3 heterocycles. The van der Waals surface area contributed by atoms with Gasteiger partial charge in [-0.15, -0.1) is 6.58 Å². The van der Waals surface area contributed by atoms with E-state index in [1.54, 1.807) is 0 Å². The molecule has 3 aliphatic rings. The van der Waals surface area contributed by atoms with Crippen LogP contribution in [0, 0.1) is 0 Å². The predicted octanol–water partition coefficient (Wildman–Crippen LogP) is 1.82. The zero-order valence-electron chi connectivity index (χ0n) is 19.3. The van der Waals surface area contributed by atoms with E-state index in [4.69, 9.17) is 4.42 Å². The number of β-amino-alcohol motifs (C(OH)–C–C–N with tert-alkyl or cyclic N) is 1. The van der Waals surface area contributed by atoms with E-state index in [1.807, 2.05) is 11.0 Å². The highest BCUT2D eigenvalue weighted by Crippen LogP contribution is 2.24. The minimum Gasteiger partial charge on any atom is -0.447 e. The summed E-state index contributed by atoms with van der Waals surface area (Å²) in [5.74, 6) is 0.599. The van der Waals surface area contributed by atoms with Crippen molar-refractivity contribution < 1.29 is 14.3 Å². The van der Waals surface area contributed by atoms with Gasteiger partial charge in [0.1, 0.15) is 6.26 Å². The summed E-state index contributed by atoms with van der Waals surface area (Å²) in [5, 5.41) is 10.1. The van der Waals surface area contributed by atoms with Crippen molar-refractivity contribution in [3.63, 3.8) is 0 Å². The summed E-state index contributed by atoms with van der Waals surface area (Å²) in [6, 6.07) is 0.724. The molecule has 1 saturated carbocycles. The molecular formula is C24H39N5O3. The van der Waals surface area contributed by atoms with Crippen molar-refractivity contribution in [2.75, 3.05) is 58.9 Å². The first-order valence-electron chi connectivity index (χ1n) is 12.3. The number of carbonyl (C=O) groups excluding carboxylic acids is 1. The van der Waals surface area contributed by atoms with Crippen LogP contribution in [0.5, 0.6) is 0 Å². The lowest BCUT2D eigenvalue weighted by Crippen LogP contribution is -2.51. The number of carbonyl (C=O) groups is 1. The number of allylic oxidation sites excluding steroid dienone is 1. The first-order valence-corrected chi connectivity index (χ1v) is 12.3. The van der Waals surface area contributed by atoms with Gasteiger partial charge in [-0.25, -0.2) is 4.98 Å². The third-order valence-electron chi connectivity index (χ3n) is 7.21. The van der Waals surface area contributed by atoms with Crippen molar-refractivity contribution in [1.29, 1.82) is 0 Å². The Bertz CT molecular complexity index is 732. The van der Waals surface area contributed by atoms with Crippen molar-refractivity contribution in [1.82, 2.24) is 24.6 Å². The van der Waals surface area contributed by atoms with Crippen molar-refractivity contribution in [3.8, 4) is 0 Å². The average molecular weight is 446 g/mol. The van der Waals surface area contributed by atoms with E-state index in [9.17, 15) is 9.90 Å². The summed E-state index contributed by atoms with van der Waals surface area (Å²) >= 11 is 0. The van der Waals surface area contributed by atoms with E-state index in [2.05, 4.69) is 26.3 Å². The molecule has 0 spiro atoms. The van der Waals surface area contributed by atoms with Crippen LogP contribution in [0.25, 0.3) is 0 Å². The average Bonchev–Trinajstić information content (AvgIpc) is 3.51. The number of piperazine rings is 2. The van der Waals surface area contributed by atoms with Crippen molar-refractivity contribution in [2.24, 2.45) is 0 Å². The maximum atomic E-state index is 12.9. The fraction of sp³-hybridized carbons (Fsp3) is 0.750. The molecule has 1 N–H and O–H groups in total. The van der Waals surface area contributed by atoms with Gasteiger partial charge in [-0.2, -0.15) is 0 Å². The smallest absolute Gasteiger partial charge is 0.275 e. The maximum absolute atomic E-state index is 12.9. The van der Waals surface area contributed by atoms with E-state index < -0.39 is 0 Å². The van der Waals surface area contributed by atoms with Gasteiger partial charge in [0.05, 0.1) is 12.6 Å². The monoisotopic (exact) mass is 445 g/mol. The summed E-state index contributed by atoms with van der Waals surface area (Å²) < 4.78 is 5.64. The molecule has 2 saturated heterocycles. The maximum Gasteiger partial charge on any atom is 0.275 e. The zero-order chi connectivity index (χ0) is 22.3. The van der Waals surface area contributed by atoms with Crippen LogP contribution < -0.4 is 0 Å². The van der Waals surface area contributed by atoms with Crippen LogP contribution >= 0.6 is 0 Å². The molecule has 0 bridgehead atoms. The number of aliphatic hydroxyl groups is 1. The van der Waals surface area contributed by atoms with Crippen molar-refractivity contribution in [3.05, 3.63) is 30.5 Å². The minimum absolute atomic E-state index is 0.00981. The molecule has 0 radical (unpaired) electrons. The minimum atomic E-state index is -0.292. The van der Waals surface area contributed by atoms with Crippen LogP contribution in [-0.4, -0.2) is 107 Å². The predicted molar refractivity (Wildman–Crippen MR) is 123 cm³/mol. The van der Waals surface area contributed by atoms with Gasteiger partial charge < -0.3 is 14.4 Å². The Balaban J connectivity index is 1.19. The third kappa shape index (κ3) is 6.19. The number of nitrogens with zero attached hydrogens (tertiary/aromatic N) is 5. The van der Waals surface area contributed by atoms with Gasteiger partial charge >= 0.3 is 0 Å².